The molecule has 0 aliphatic carbocycles. The van der Waals surface area contributed by atoms with Gasteiger partial charge in [-0.2, -0.15) is 0 Å². The second kappa shape index (κ2) is 5.74. The van der Waals surface area contributed by atoms with E-state index in [0.29, 0.717) is 17.0 Å². The lowest BCUT2D eigenvalue weighted by atomic mass is 10.3. The predicted molar refractivity (Wildman–Crippen MR) is 77.2 cm³/mol. The van der Waals surface area contributed by atoms with E-state index < -0.39 is 0 Å². The Morgan fingerprint density at radius 1 is 1.10 bits per heavy atom. The topological polar surface area (TPSA) is 38.1 Å². The highest BCUT2D eigenvalue weighted by molar-refractivity contribution is 5.72. The molecule has 0 bridgehead atoms. The highest BCUT2D eigenvalue weighted by Gasteiger charge is 2.06. The third-order valence-corrected chi connectivity index (χ3v) is 3.06. The van der Waals surface area contributed by atoms with E-state index in [9.17, 15) is 4.39 Å². The number of oxazole rings is 1. The lowest BCUT2D eigenvalue weighted by Gasteiger charge is -2.04. The minimum absolute atomic E-state index is 0.289. The lowest BCUT2D eigenvalue weighted by molar-refractivity contribution is 0.522. The molecule has 0 saturated heterocycles. The fourth-order valence-electron chi connectivity index (χ4n) is 2.08. The van der Waals surface area contributed by atoms with Crippen molar-refractivity contribution in [2.24, 2.45) is 0 Å². The molecular formula is C16H15FN2O. The van der Waals surface area contributed by atoms with Crippen LogP contribution in [0.15, 0.2) is 52.9 Å². The number of anilines is 1. The van der Waals surface area contributed by atoms with Gasteiger partial charge < -0.3 is 9.73 Å². The van der Waals surface area contributed by atoms with Crippen LogP contribution in [0.3, 0.4) is 0 Å². The maximum absolute atomic E-state index is 13.0. The summed E-state index contributed by atoms with van der Waals surface area (Å²) >= 11 is 0. The number of rotatable bonds is 5. The normalized spacial score (nSPS) is 10.8. The fraction of sp³-hybridized carbons (Fsp3) is 0.188. The average Bonchev–Trinajstić information content (AvgIpc) is 2.86. The van der Waals surface area contributed by atoms with Crippen molar-refractivity contribution in [3.63, 3.8) is 0 Å². The van der Waals surface area contributed by atoms with Gasteiger partial charge in [0.1, 0.15) is 11.3 Å². The summed E-state index contributed by atoms with van der Waals surface area (Å²) in [5.41, 5.74) is 2.32. The number of hydrogen-bond donors (Lipinski definition) is 1. The molecule has 1 N–H and O–H groups in total. The zero-order valence-corrected chi connectivity index (χ0v) is 11.0. The van der Waals surface area contributed by atoms with Crippen molar-refractivity contribution in [3.05, 3.63) is 60.2 Å². The molecule has 0 aliphatic heterocycles. The number of aryl methyl sites for hydroxylation is 1. The Balaban J connectivity index is 1.55. The Labute approximate surface area is 116 Å². The quantitative estimate of drug-likeness (QED) is 0.712. The molecule has 0 radical (unpaired) electrons. The van der Waals surface area contributed by atoms with Crippen LogP contribution in [0.4, 0.5) is 10.1 Å². The number of benzene rings is 2. The molecule has 0 fully saturated rings. The monoisotopic (exact) mass is 270 g/mol. The van der Waals surface area contributed by atoms with E-state index in [4.69, 9.17) is 4.42 Å². The molecule has 1 aromatic heterocycles. The molecule has 0 saturated carbocycles. The van der Waals surface area contributed by atoms with Crippen LogP contribution in [-0.2, 0) is 6.42 Å². The number of aromatic nitrogens is 1. The van der Waals surface area contributed by atoms with Gasteiger partial charge in [-0.25, -0.2) is 9.37 Å². The van der Waals surface area contributed by atoms with Gasteiger partial charge in [0.25, 0.3) is 0 Å². The number of hydrogen-bond acceptors (Lipinski definition) is 3. The molecule has 1 heterocycles. The molecule has 4 heteroatoms. The molecule has 0 aliphatic rings. The number of halogens is 1. The summed E-state index contributed by atoms with van der Waals surface area (Å²) in [5, 5.41) is 3.33. The van der Waals surface area contributed by atoms with Crippen LogP contribution in [0, 0.1) is 5.82 Å². The van der Waals surface area contributed by atoms with Crippen LogP contribution in [0.1, 0.15) is 12.3 Å². The summed E-state index contributed by atoms with van der Waals surface area (Å²) in [6.45, 7) is 0.844. The average molecular weight is 270 g/mol. The smallest absolute Gasteiger partial charge is 0.195 e. The molecule has 3 aromatic rings. The molecule has 0 amide bonds. The van der Waals surface area contributed by atoms with Crippen LogP contribution >= 0.6 is 0 Å². The Kier molecular flexibility index (Phi) is 3.63. The molecule has 0 spiro atoms. The lowest BCUT2D eigenvalue weighted by Crippen LogP contribution is -2.02. The molecule has 0 atom stereocenters. The first-order valence-electron chi connectivity index (χ1n) is 6.65. The first-order valence-corrected chi connectivity index (χ1v) is 6.65. The fourth-order valence-corrected chi connectivity index (χ4v) is 2.08. The Morgan fingerprint density at radius 3 is 2.80 bits per heavy atom. The highest BCUT2D eigenvalue weighted by Crippen LogP contribution is 2.17. The van der Waals surface area contributed by atoms with Crippen LogP contribution < -0.4 is 5.32 Å². The highest BCUT2D eigenvalue weighted by atomic mass is 19.1. The summed E-state index contributed by atoms with van der Waals surface area (Å²) < 4.78 is 18.6. The minimum Gasteiger partial charge on any atom is -0.441 e. The Hall–Kier alpha value is -2.36. The van der Waals surface area contributed by atoms with Gasteiger partial charge in [-0.1, -0.05) is 18.2 Å². The standard InChI is InChI=1S/C16H15FN2O/c17-12-8-9-15-14(11-12)19-16(20-15)7-4-10-18-13-5-2-1-3-6-13/h1-3,5-6,8-9,11,18H,4,7,10H2. The van der Waals surface area contributed by atoms with E-state index in [1.54, 1.807) is 6.07 Å². The molecule has 20 heavy (non-hydrogen) atoms. The molecule has 3 rings (SSSR count). The van der Waals surface area contributed by atoms with Crippen LogP contribution in [0.5, 0.6) is 0 Å². The SMILES string of the molecule is Fc1ccc2oc(CCCNc3ccccc3)nc2c1. The molecule has 102 valence electrons. The maximum Gasteiger partial charge on any atom is 0.195 e. The first kappa shape index (κ1) is 12.7. The van der Waals surface area contributed by atoms with Gasteiger partial charge in [0, 0.05) is 24.7 Å². The maximum atomic E-state index is 13.0. The first-order chi connectivity index (χ1) is 9.81. The van der Waals surface area contributed by atoms with E-state index in [2.05, 4.69) is 10.3 Å². The third kappa shape index (κ3) is 2.96. The van der Waals surface area contributed by atoms with Crippen molar-refractivity contribution in [3.8, 4) is 0 Å². The second-order valence-corrected chi connectivity index (χ2v) is 4.62. The molecule has 3 nitrogen and oxygen atoms in total. The third-order valence-electron chi connectivity index (χ3n) is 3.06. The van der Waals surface area contributed by atoms with E-state index >= 15 is 0 Å². The minimum atomic E-state index is -0.289. The van der Waals surface area contributed by atoms with Crippen molar-refractivity contribution in [1.82, 2.24) is 4.98 Å². The summed E-state index contributed by atoms with van der Waals surface area (Å²) in [7, 11) is 0. The van der Waals surface area contributed by atoms with E-state index in [1.807, 2.05) is 30.3 Å². The van der Waals surface area contributed by atoms with E-state index in [1.165, 1.54) is 12.1 Å². The van der Waals surface area contributed by atoms with Gasteiger partial charge in [-0.15, -0.1) is 0 Å². The van der Waals surface area contributed by atoms with Crippen molar-refractivity contribution in [2.75, 3.05) is 11.9 Å². The van der Waals surface area contributed by atoms with Crippen LogP contribution in [0.2, 0.25) is 0 Å². The van der Waals surface area contributed by atoms with Gasteiger partial charge in [-0.05, 0) is 30.7 Å². The summed E-state index contributed by atoms with van der Waals surface area (Å²) in [5.74, 6) is 0.364. The van der Waals surface area contributed by atoms with Gasteiger partial charge in [-0.3, -0.25) is 0 Å². The Morgan fingerprint density at radius 2 is 1.95 bits per heavy atom. The molecular weight excluding hydrogens is 255 g/mol. The van der Waals surface area contributed by atoms with E-state index in [-0.39, 0.29) is 5.82 Å². The van der Waals surface area contributed by atoms with Crippen molar-refractivity contribution in [2.45, 2.75) is 12.8 Å². The summed E-state index contributed by atoms with van der Waals surface area (Å²) in [4.78, 5) is 4.28. The van der Waals surface area contributed by atoms with Crippen LogP contribution in [-0.4, -0.2) is 11.5 Å². The molecule has 2 aromatic carbocycles. The van der Waals surface area contributed by atoms with Gasteiger partial charge in [0.2, 0.25) is 0 Å². The second-order valence-electron chi connectivity index (χ2n) is 4.62. The van der Waals surface area contributed by atoms with Crippen molar-refractivity contribution < 1.29 is 8.81 Å². The number of fused-ring (bicyclic) bond motifs is 1. The van der Waals surface area contributed by atoms with Gasteiger partial charge in [0.15, 0.2) is 11.5 Å². The van der Waals surface area contributed by atoms with E-state index in [0.717, 1.165) is 25.1 Å². The Bertz CT molecular complexity index is 694. The van der Waals surface area contributed by atoms with Crippen molar-refractivity contribution in [1.29, 1.82) is 0 Å². The molecule has 0 unspecified atom stereocenters. The predicted octanol–water partition coefficient (Wildman–Crippen LogP) is 4.01. The van der Waals surface area contributed by atoms with Crippen molar-refractivity contribution >= 4 is 16.8 Å². The number of nitrogens with zero attached hydrogens (tertiary/aromatic N) is 1. The zero-order valence-electron chi connectivity index (χ0n) is 11.0. The summed E-state index contributed by atoms with van der Waals surface area (Å²) in [6.07, 6.45) is 1.64. The van der Waals surface area contributed by atoms with Crippen LogP contribution in [0.25, 0.3) is 11.1 Å². The largest absolute Gasteiger partial charge is 0.441 e. The van der Waals surface area contributed by atoms with Gasteiger partial charge >= 0.3 is 0 Å². The zero-order chi connectivity index (χ0) is 13.8. The number of para-hydroxylation sites is 1. The number of nitrogens with one attached hydrogen (secondary N) is 1. The summed E-state index contributed by atoms with van der Waals surface area (Å²) in [6, 6.07) is 14.4. The van der Waals surface area contributed by atoms with Gasteiger partial charge in [0.05, 0.1) is 0 Å².